The van der Waals surface area contributed by atoms with Crippen molar-refractivity contribution in [2.24, 2.45) is 0 Å². The summed E-state index contributed by atoms with van der Waals surface area (Å²) in [7, 11) is -1.24. The van der Waals surface area contributed by atoms with Crippen molar-refractivity contribution >= 4 is 22.6 Å². The van der Waals surface area contributed by atoms with E-state index in [9.17, 15) is 9.00 Å². The first-order valence-electron chi connectivity index (χ1n) is 4.78. The quantitative estimate of drug-likeness (QED) is 0.727. The van der Waals surface area contributed by atoms with Gasteiger partial charge >= 0.3 is 0 Å². The van der Waals surface area contributed by atoms with Crippen molar-refractivity contribution in [1.82, 2.24) is 0 Å². The van der Waals surface area contributed by atoms with Gasteiger partial charge in [0.05, 0.1) is 5.69 Å². The van der Waals surface area contributed by atoms with Crippen LogP contribution >= 0.6 is 0 Å². The zero-order chi connectivity index (χ0) is 11.2. The Hall–Kier alpha value is -1.16. The third-order valence-electron chi connectivity index (χ3n) is 2.57. The van der Waals surface area contributed by atoms with E-state index >= 15 is 0 Å². The fourth-order valence-electron chi connectivity index (χ4n) is 1.48. The Balaban J connectivity index is 2.32. The molecule has 1 atom stereocenters. The molecule has 0 spiro atoms. The summed E-state index contributed by atoms with van der Waals surface area (Å²) >= 11 is 0. The number of amides is 1. The summed E-state index contributed by atoms with van der Waals surface area (Å²) in [5.41, 5.74) is 1.83. The number of carbonyl (C=O) groups is 1. The number of hydrogen-bond acceptors (Lipinski definition) is 2. The second-order valence-corrected chi connectivity index (χ2v) is 6.08. The number of nitrogens with zero attached hydrogens (tertiary/aromatic N) is 1. The van der Waals surface area contributed by atoms with Crippen molar-refractivity contribution < 1.29 is 9.00 Å². The molecule has 15 heavy (non-hydrogen) atoms. The molecule has 1 aromatic carbocycles. The first-order valence-corrected chi connectivity index (χ1v) is 5.88. The van der Waals surface area contributed by atoms with E-state index in [1.807, 2.05) is 31.2 Å². The molecule has 0 saturated carbocycles. The molecule has 1 aromatic rings. The third kappa shape index (κ3) is 1.40. The molecule has 80 valence electrons. The summed E-state index contributed by atoms with van der Waals surface area (Å²) < 4.78 is 12.4. The minimum absolute atomic E-state index is 0.0790. The second-order valence-electron chi connectivity index (χ2n) is 4.19. The maximum absolute atomic E-state index is 11.8. The molecule has 1 fully saturated rings. The van der Waals surface area contributed by atoms with Crippen LogP contribution in [0.3, 0.4) is 0 Å². The van der Waals surface area contributed by atoms with E-state index < -0.39 is 15.7 Å². The highest BCUT2D eigenvalue weighted by Gasteiger charge is 2.53. The number of hydrogen-bond donors (Lipinski definition) is 0. The van der Waals surface area contributed by atoms with Crippen LogP contribution in [-0.2, 0) is 15.8 Å². The Kier molecular flexibility index (Phi) is 2.19. The average Bonchev–Trinajstić information content (AvgIpc) is 2.21. The Morgan fingerprint density at radius 1 is 1.20 bits per heavy atom. The number of aryl methyl sites for hydroxylation is 1. The van der Waals surface area contributed by atoms with Gasteiger partial charge in [-0.3, -0.25) is 4.79 Å². The zero-order valence-corrected chi connectivity index (χ0v) is 9.80. The van der Waals surface area contributed by atoms with Gasteiger partial charge in [-0.25, -0.2) is 8.51 Å². The summed E-state index contributed by atoms with van der Waals surface area (Å²) in [6.07, 6.45) is 0. The minimum atomic E-state index is -1.24. The fraction of sp³-hybridized carbons (Fsp3) is 0.364. The van der Waals surface area contributed by atoms with Crippen LogP contribution in [0.1, 0.15) is 19.4 Å². The van der Waals surface area contributed by atoms with E-state index in [1.54, 1.807) is 13.8 Å². The molecule has 0 radical (unpaired) electrons. The third-order valence-corrected chi connectivity index (χ3v) is 4.33. The Bertz CT molecular complexity index is 418. The van der Waals surface area contributed by atoms with Crippen LogP contribution in [0.4, 0.5) is 5.69 Å². The van der Waals surface area contributed by atoms with E-state index in [1.165, 1.54) is 4.31 Å². The summed E-state index contributed by atoms with van der Waals surface area (Å²) in [5.74, 6) is -0.0790. The molecule has 0 bridgehead atoms. The van der Waals surface area contributed by atoms with Crippen LogP contribution in [0, 0.1) is 6.92 Å². The Morgan fingerprint density at radius 3 is 2.20 bits per heavy atom. The van der Waals surface area contributed by atoms with Crippen molar-refractivity contribution in [2.45, 2.75) is 25.5 Å². The van der Waals surface area contributed by atoms with Gasteiger partial charge in [0.2, 0.25) is 0 Å². The highest BCUT2D eigenvalue weighted by atomic mass is 32.2. The molecule has 0 N–H and O–H groups in total. The maximum atomic E-state index is 11.8. The van der Waals surface area contributed by atoms with Gasteiger partial charge in [-0.15, -0.1) is 0 Å². The second kappa shape index (κ2) is 3.17. The van der Waals surface area contributed by atoms with Crippen molar-refractivity contribution in [1.29, 1.82) is 0 Å². The topological polar surface area (TPSA) is 37.4 Å². The lowest BCUT2D eigenvalue weighted by Crippen LogP contribution is -2.63. The van der Waals surface area contributed by atoms with Crippen molar-refractivity contribution in [3.63, 3.8) is 0 Å². The van der Waals surface area contributed by atoms with Gasteiger partial charge in [0.15, 0.2) is 0 Å². The predicted molar refractivity (Wildman–Crippen MR) is 60.9 cm³/mol. The predicted octanol–water partition coefficient (Wildman–Crippen LogP) is 1.78. The van der Waals surface area contributed by atoms with E-state index in [0.717, 1.165) is 5.56 Å². The van der Waals surface area contributed by atoms with Gasteiger partial charge in [0, 0.05) is 0 Å². The molecule has 1 aliphatic rings. The van der Waals surface area contributed by atoms with Gasteiger partial charge in [0.25, 0.3) is 5.91 Å². The van der Waals surface area contributed by atoms with Crippen LogP contribution in [-0.4, -0.2) is 14.9 Å². The monoisotopic (exact) mass is 223 g/mol. The van der Waals surface area contributed by atoms with E-state index in [4.69, 9.17) is 0 Å². The van der Waals surface area contributed by atoms with Gasteiger partial charge in [-0.2, -0.15) is 0 Å². The number of benzene rings is 1. The number of anilines is 1. The SMILES string of the molecule is Cc1ccc(N2C(=O)C(C)(C)S2=O)cc1. The molecule has 1 heterocycles. The normalized spacial score (nSPS) is 23.8. The molecule has 0 aromatic heterocycles. The fourth-order valence-corrected chi connectivity index (χ4v) is 2.73. The lowest BCUT2D eigenvalue weighted by Gasteiger charge is -2.42. The van der Waals surface area contributed by atoms with Crippen LogP contribution in [0.25, 0.3) is 0 Å². The van der Waals surface area contributed by atoms with Gasteiger partial charge in [0.1, 0.15) is 15.7 Å². The maximum Gasteiger partial charge on any atom is 0.259 e. The lowest BCUT2D eigenvalue weighted by molar-refractivity contribution is -0.120. The molecule has 1 saturated heterocycles. The van der Waals surface area contributed by atoms with E-state index in [2.05, 4.69) is 0 Å². The number of carbonyl (C=O) groups excluding carboxylic acids is 1. The molecular weight excluding hydrogens is 210 g/mol. The Labute approximate surface area is 91.7 Å². The highest BCUT2D eigenvalue weighted by Crippen LogP contribution is 2.35. The summed E-state index contributed by atoms with van der Waals surface area (Å²) in [4.78, 5) is 11.7. The molecule has 2 rings (SSSR count). The van der Waals surface area contributed by atoms with Crippen molar-refractivity contribution in [3.05, 3.63) is 29.8 Å². The first-order chi connectivity index (χ1) is 6.94. The van der Waals surface area contributed by atoms with E-state index in [-0.39, 0.29) is 5.91 Å². The van der Waals surface area contributed by atoms with Crippen LogP contribution in [0.2, 0.25) is 0 Å². The molecule has 1 unspecified atom stereocenters. The largest absolute Gasteiger partial charge is 0.272 e. The van der Waals surface area contributed by atoms with Crippen molar-refractivity contribution in [2.75, 3.05) is 4.31 Å². The molecule has 0 aliphatic carbocycles. The van der Waals surface area contributed by atoms with Gasteiger partial charge in [-0.1, -0.05) is 17.7 Å². The molecule has 3 nitrogen and oxygen atoms in total. The first kappa shape index (κ1) is 10.4. The van der Waals surface area contributed by atoms with E-state index in [0.29, 0.717) is 5.69 Å². The molecular formula is C11H13NO2S. The summed E-state index contributed by atoms with van der Waals surface area (Å²) in [6, 6.07) is 7.46. The van der Waals surface area contributed by atoms with Crippen LogP contribution < -0.4 is 4.31 Å². The lowest BCUT2D eigenvalue weighted by atomic mass is 10.1. The average molecular weight is 223 g/mol. The van der Waals surface area contributed by atoms with Crippen LogP contribution in [0.5, 0.6) is 0 Å². The molecule has 1 amide bonds. The zero-order valence-electron chi connectivity index (χ0n) is 8.98. The van der Waals surface area contributed by atoms with Gasteiger partial charge in [-0.05, 0) is 32.9 Å². The highest BCUT2D eigenvalue weighted by molar-refractivity contribution is 7.92. The standard InChI is InChI=1S/C11H13NO2S/c1-8-4-6-9(7-5-8)12-10(13)11(2,3)15(12)14/h4-7H,1-3H3. The Morgan fingerprint density at radius 2 is 1.73 bits per heavy atom. The van der Waals surface area contributed by atoms with Crippen molar-refractivity contribution in [3.8, 4) is 0 Å². The molecule has 4 heteroatoms. The number of rotatable bonds is 1. The summed E-state index contributed by atoms with van der Waals surface area (Å²) in [5, 5.41) is 0. The smallest absolute Gasteiger partial charge is 0.259 e. The van der Waals surface area contributed by atoms with Gasteiger partial charge < -0.3 is 0 Å². The van der Waals surface area contributed by atoms with Crippen LogP contribution in [0.15, 0.2) is 24.3 Å². The molecule has 1 aliphatic heterocycles. The minimum Gasteiger partial charge on any atom is -0.272 e. The summed E-state index contributed by atoms with van der Waals surface area (Å²) in [6.45, 7) is 5.38.